The van der Waals surface area contributed by atoms with Gasteiger partial charge in [0.05, 0.1) is 0 Å². The molecule has 0 aliphatic heterocycles. The van der Waals surface area contributed by atoms with Crippen molar-refractivity contribution in [2.75, 3.05) is 18.5 Å². The van der Waals surface area contributed by atoms with E-state index in [0.717, 1.165) is 18.0 Å². The van der Waals surface area contributed by atoms with Crippen molar-refractivity contribution in [3.63, 3.8) is 0 Å². The molecule has 1 aromatic rings. The minimum absolute atomic E-state index is 0.495. The fraction of sp³-hybridized carbons (Fsp3) is 0.562. The molecule has 1 fully saturated rings. The third kappa shape index (κ3) is 3.47. The summed E-state index contributed by atoms with van der Waals surface area (Å²) in [5.74, 6) is 0.817. The van der Waals surface area contributed by atoms with Gasteiger partial charge in [0, 0.05) is 24.8 Å². The molecule has 104 valence electrons. The van der Waals surface area contributed by atoms with E-state index in [2.05, 4.69) is 24.9 Å². The number of aryl methyl sites for hydroxylation is 1. The molecule has 2 N–H and O–H groups in total. The predicted octanol–water partition coefficient (Wildman–Crippen LogP) is 3.65. The summed E-state index contributed by atoms with van der Waals surface area (Å²) in [5.41, 5.74) is 9.33. The maximum atomic E-state index is 5.86. The van der Waals surface area contributed by atoms with Crippen LogP contribution in [0.4, 0.5) is 5.69 Å². The van der Waals surface area contributed by atoms with Crippen LogP contribution in [0.3, 0.4) is 0 Å². The second-order valence-corrected chi connectivity index (χ2v) is 6.16. The molecule has 0 aromatic heterocycles. The van der Waals surface area contributed by atoms with E-state index in [-0.39, 0.29) is 0 Å². The predicted molar refractivity (Wildman–Crippen MR) is 86.9 cm³/mol. The highest BCUT2D eigenvalue weighted by Crippen LogP contribution is 2.29. The lowest BCUT2D eigenvalue weighted by Crippen LogP contribution is -2.29. The van der Waals surface area contributed by atoms with Crippen LogP contribution in [0.15, 0.2) is 18.2 Å². The van der Waals surface area contributed by atoms with Gasteiger partial charge in [-0.25, -0.2) is 0 Å². The van der Waals surface area contributed by atoms with E-state index in [1.807, 2.05) is 12.1 Å². The summed E-state index contributed by atoms with van der Waals surface area (Å²) in [4.78, 5) is 2.84. The first-order valence-electron chi connectivity index (χ1n) is 7.20. The van der Waals surface area contributed by atoms with Gasteiger partial charge in [0.25, 0.3) is 0 Å². The summed E-state index contributed by atoms with van der Waals surface area (Å²) in [6, 6.07) is 6.19. The van der Waals surface area contributed by atoms with Crippen LogP contribution >= 0.6 is 12.2 Å². The molecule has 1 aliphatic carbocycles. The summed E-state index contributed by atoms with van der Waals surface area (Å²) >= 11 is 5.18. The summed E-state index contributed by atoms with van der Waals surface area (Å²) in [6.07, 6.45) is 6.89. The molecule has 1 aliphatic rings. The Hall–Kier alpha value is -1.09. The summed E-state index contributed by atoms with van der Waals surface area (Å²) in [5, 5.41) is 0. The van der Waals surface area contributed by atoms with Crippen molar-refractivity contribution in [3.05, 3.63) is 29.3 Å². The highest BCUT2D eigenvalue weighted by Gasteiger charge is 2.18. The lowest BCUT2D eigenvalue weighted by Gasteiger charge is -2.30. The van der Waals surface area contributed by atoms with Gasteiger partial charge in [-0.05, 0) is 37.3 Å². The molecule has 0 bridgehead atoms. The minimum atomic E-state index is 0.495. The monoisotopic (exact) mass is 276 g/mol. The molecule has 2 rings (SSSR count). The quantitative estimate of drug-likeness (QED) is 0.851. The van der Waals surface area contributed by atoms with Crippen LogP contribution < -0.4 is 10.6 Å². The largest absolute Gasteiger partial charge is 0.389 e. The Balaban J connectivity index is 2.17. The SMILES string of the molecule is Cc1cccc(C(N)=S)c1N(C)CC1CCCCC1. The molecule has 1 saturated carbocycles. The van der Waals surface area contributed by atoms with Crippen molar-refractivity contribution in [2.24, 2.45) is 11.7 Å². The first-order chi connectivity index (χ1) is 9.09. The first-order valence-corrected chi connectivity index (χ1v) is 7.61. The Kier molecular flexibility index (Phi) is 4.81. The van der Waals surface area contributed by atoms with Crippen LogP contribution in [0, 0.1) is 12.8 Å². The van der Waals surface area contributed by atoms with E-state index in [1.54, 1.807) is 0 Å². The number of hydrogen-bond donors (Lipinski definition) is 1. The minimum Gasteiger partial charge on any atom is -0.389 e. The van der Waals surface area contributed by atoms with Crippen LogP contribution in [-0.4, -0.2) is 18.6 Å². The molecule has 19 heavy (non-hydrogen) atoms. The maximum Gasteiger partial charge on any atom is 0.106 e. The van der Waals surface area contributed by atoms with E-state index < -0.39 is 0 Å². The van der Waals surface area contributed by atoms with Gasteiger partial charge in [-0.1, -0.05) is 43.6 Å². The van der Waals surface area contributed by atoms with Crippen molar-refractivity contribution in [1.29, 1.82) is 0 Å². The van der Waals surface area contributed by atoms with Gasteiger partial charge in [0.15, 0.2) is 0 Å². The van der Waals surface area contributed by atoms with Gasteiger partial charge >= 0.3 is 0 Å². The van der Waals surface area contributed by atoms with Crippen LogP contribution in [0.25, 0.3) is 0 Å². The molecule has 0 spiro atoms. The smallest absolute Gasteiger partial charge is 0.106 e. The summed E-state index contributed by atoms with van der Waals surface area (Å²) in [6.45, 7) is 3.24. The molecule has 0 heterocycles. The fourth-order valence-corrected chi connectivity index (χ4v) is 3.38. The van der Waals surface area contributed by atoms with Crippen LogP contribution in [0.1, 0.15) is 43.2 Å². The van der Waals surface area contributed by atoms with Crippen LogP contribution in [0.2, 0.25) is 0 Å². The van der Waals surface area contributed by atoms with E-state index in [4.69, 9.17) is 18.0 Å². The number of hydrogen-bond acceptors (Lipinski definition) is 2. The Morgan fingerprint density at radius 1 is 1.32 bits per heavy atom. The molecule has 0 radical (unpaired) electrons. The standard InChI is InChI=1S/C16H24N2S/c1-12-7-6-10-14(16(17)19)15(12)18(2)11-13-8-4-3-5-9-13/h6-7,10,13H,3-5,8-9,11H2,1-2H3,(H2,17,19). The van der Waals surface area contributed by atoms with Gasteiger partial charge in [-0.15, -0.1) is 0 Å². The number of anilines is 1. The molecular formula is C16H24N2S. The van der Waals surface area contributed by atoms with Crippen molar-refractivity contribution in [1.82, 2.24) is 0 Å². The Labute approximate surface area is 122 Å². The number of benzene rings is 1. The summed E-state index contributed by atoms with van der Waals surface area (Å²) in [7, 11) is 2.17. The van der Waals surface area contributed by atoms with Crippen molar-refractivity contribution in [3.8, 4) is 0 Å². The molecule has 0 unspecified atom stereocenters. The lowest BCUT2D eigenvalue weighted by molar-refractivity contribution is 0.362. The van der Waals surface area contributed by atoms with Crippen LogP contribution in [0.5, 0.6) is 0 Å². The van der Waals surface area contributed by atoms with Gasteiger partial charge in [0.2, 0.25) is 0 Å². The molecular weight excluding hydrogens is 252 g/mol. The third-order valence-corrected chi connectivity index (χ3v) is 4.36. The zero-order valence-corrected chi connectivity index (χ0v) is 12.8. The number of nitrogens with two attached hydrogens (primary N) is 1. The fourth-order valence-electron chi connectivity index (χ4n) is 3.21. The van der Waals surface area contributed by atoms with Crippen molar-refractivity contribution in [2.45, 2.75) is 39.0 Å². The van der Waals surface area contributed by atoms with Crippen molar-refractivity contribution < 1.29 is 0 Å². The average Bonchev–Trinajstić information content (AvgIpc) is 2.39. The number of para-hydroxylation sites is 1. The molecule has 2 nitrogen and oxygen atoms in total. The topological polar surface area (TPSA) is 29.3 Å². The van der Waals surface area contributed by atoms with E-state index in [1.165, 1.54) is 43.4 Å². The maximum absolute atomic E-state index is 5.86. The molecule has 1 aromatic carbocycles. The number of nitrogens with zero attached hydrogens (tertiary/aromatic N) is 1. The van der Waals surface area contributed by atoms with Gasteiger partial charge in [-0.2, -0.15) is 0 Å². The zero-order chi connectivity index (χ0) is 13.8. The van der Waals surface area contributed by atoms with Gasteiger partial charge in [-0.3, -0.25) is 0 Å². The number of thiocarbonyl (C=S) groups is 1. The summed E-state index contributed by atoms with van der Waals surface area (Å²) < 4.78 is 0. The second-order valence-electron chi connectivity index (χ2n) is 5.72. The van der Waals surface area contributed by atoms with E-state index in [0.29, 0.717) is 4.99 Å². The lowest BCUT2D eigenvalue weighted by atomic mass is 9.88. The Morgan fingerprint density at radius 2 is 2.00 bits per heavy atom. The highest BCUT2D eigenvalue weighted by atomic mass is 32.1. The van der Waals surface area contributed by atoms with E-state index in [9.17, 15) is 0 Å². The van der Waals surface area contributed by atoms with E-state index >= 15 is 0 Å². The normalized spacial score (nSPS) is 16.3. The highest BCUT2D eigenvalue weighted by molar-refractivity contribution is 7.80. The van der Waals surface area contributed by atoms with Crippen molar-refractivity contribution >= 4 is 22.9 Å². The van der Waals surface area contributed by atoms with Gasteiger partial charge < -0.3 is 10.6 Å². The van der Waals surface area contributed by atoms with Gasteiger partial charge in [0.1, 0.15) is 4.99 Å². The Morgan fingerprint density at radius 3 is 2.63 bits per heavy atom. The average molecular weight is 276 g/mol. The third-order valence-electron chi connectivity index (χ3n) is 4.14. The number of rotatable bonds is 4. The molecule has 0 atom stereocenters. The molecule has 0 amide bonds. The molecule has 3 heteroatoms. The van der Waals surface area contributed by atoms with Crippen LogP contribution in [-0.2, 0) is 0 Å². The Bertz CT molecular complexity index is 450. The molecule has 0 saturated heterocycles. The zero-order valence-electron chi connectivity index (χ0n) is 12.0. The second kappa shape index (κ2) is 6.38. The first kappa shape index (κ1) is 14.3.